The summed E-state index contributed by atoms with van der Waals surface area (Å²) in [6.45, 7) is 6.88. The van der Waals surface area contributed by atoms with Crippen molar-refractivity contribution in [3.05, 3.63) is 11.3 Å². The van der Waals surface area contributed by atoms with Crippen molar-refractivity contribution in [1.29, 1.82) is 0 Å². The van der Waals surface area contributed by atoms with Crippen LogP contribution in [-0.4, -0.2) is 24.2 Å². The maximum atomic E-state index is 10.9. The molecule has 0 fully saturated rings. The van der Waals surface area contributed by atoms with Gasteiger partial charge in [0.15, 0.2) is 0 Å². The van der Waals surface area contributed by atoms with Crippen LogP contribution in [-0.2, 0) is 4.79 Å². The van der Waals surface area contributed by atoms with Crippen LogP contribution in [0.5, 0.6) is 0 Å². The van der Waals surface area contributed by atoms with E-state index in [4.69, 9.17) is 10.8 Å². The number of rotatable bonds is 6. The molecule has 0 rings (SSSR count). The van der Waals surface area contributed by atoms with Gasteiger partial charge in [-0.3, -0.25) is 0 Å². The molecule has 4 N–H and O–H groups in total. The Kier molecular flexibility index (Phi) is 5.95. The van der Waals surface area contributed by atoms with E-state index in [1.165, 1.54) is 0 Å². The van der Waals surface area contributed by atoms with Crippen molar-refractivity contribution >= 4 is 5.97 Å². The summed E-state index contributed by atoms with van der Waals surface area (Å²) in [5, 5.41) is 12.0. The third kappa shape index (κ3) is 4.28. The summed E-state index contributed by atoms with van der Waals surface area (Å²) < 4.78 is 0. The second kappa shape index (κ2) is 6.43. The largest absolute Gasteiger partial charge is 0.478 e. The molecule has 0 atom stereocenters. The van der Waals surface area contributed by atoms with E-state index in [9.17, 15) is 4.79 Å². The zero-order chi connectivity index (χ0) is 11.1. The predicted octanol–water partition coefficient (Wildman–Crippen LogP) is 0.939. The standard InChI is InChI=1S/C10H20N2O2/c1-7(2)9(10(13)14)8(3)12-6-4-5-11/h7,12H,4-6,11H2,1-3H3,(H,13,14). The Morgan fingerprint density at radius 3 is 2.43 bits per heavy atom. The normalized spacial score (nSPS) is 12.6. The van der Waals surface area contributed by atoms with Gasteiger partial charge in [0.05, 0.1) is 5.57 Å². The van der Waals surface area contributed by atoms with Gasteiger partial charge in [-0.15, -0.1) is 0 Å². The molecule has 0 radical (unpaired) electrons. The first kappa shape index (κ1) is 13.0. The molecule has 0 aliphatic rings. The molecule has 0 bridgehead atoms. The van der Waals surface area contributed by atoms with Crippen LogP contribution >= 0.6 is 0 Å². The fourth-order valence-corrected chi connectivity index (χ4v) is 1.31. The molecule has 4 nitrogen and oxygen atoms in total. The van der Waals surface area contributed by atoms with Gasteiger partial charge in [-0.05, 0) is 25.8 Å². The van der Waals surface area contributed by atoms with Crippen LogP contribution in [0, 0.1) is 5.92 Å². The van der Waals surface area contributed by atoms with Gasteiger partial charge in [0, 0.05) is 12.2 Å². The lowest BCUT2D eigenvalue weighted by Gasteiger charge is -2.13. The van der Waals surface area contributed by atoms with Crippen LogP contribution in [0.15, 0.2) is 11.3 Å². The van der Waals surface area contributed by atoms with E-state index in [0.717, 1.165) is 18.7 Å². The van der Waals surface area contributed by atoms with Gasteiger partial charge in [0.2, 0.25) is 0 Å². The molecular formula is C10H20N2O2. The van der Waals surface area contributed by atoms with Crippen LogP contribution in [0.25, 0.3) is 0 Å². The van der Waals surface area contributed by atoms with Crippen LogP contribution in [0.2, 0.25) is 0 Å². The van der Waals surface area contributed by atoms with E-state index in [1.54, 1.807) is 6.92 Å². The second-order valence-electron chi connectivity index (χ2n) is 3.57. The van der Waals surface area contributed by atoms with Gasteiger partial charge in [-0.2, -0.15) is 0 Å². The molecule has 0 saturated heterocycles. The van der Waals surface area contributed by atoms with Crippen molar-refractivity contribution < 1.29 is 9.90 Å². The first-order chi connectivity index (χ1) is 6.50. The van der Waals surface area contributed by atoms with Gasteiger partial charge >= 0.3 is 5.97 Å². The van der Waals surface area contributed by atoms with E-state index >= 15 is 0 Å². The lowest BCUT2D eigenvalue weighted by molar-refractivity contribution is -0.133. The average molecular weight is 200 g/mol. The number of nitrogens with two attached hydrogens (primary N) is 1. The number of aliphatic carboxylic acids is 1. The Bertz CT molecular complexity index is 222. The predicted molar refractivity (Wildman–Crippen MR) is 56.8 cm³/mol. The number of carboxylic acids is 1. The zero-order valence-corrected chi connectivity index (χ0v) is 9.13. The van der Waals surface area contributed by atoms with Gasteiger partial charge < -0.3 is 16.2 Å². The van der Waals surface area contributed by atoms with E-state index in [-0.39, 0.29) is 5.92 Å². The van der Waals surface area contributed by atoms with Crippen LogP contribution in [0.3, 0.4) is 0 Å². The minimum absolute atomic E-state index is 0.0258. The minimum atomic E-state index is -0.849. The molecule has 82 valence electrons. The first-order valence-electron chi connectivity index (χ1n) is 4.88. The second-order valence-corrected chi connectivity index (χ2v) is 3.57. The Labute approximate surface area is 85.2 Å². The highest BCUT2D eigenvalue weighted by Gasteiger charge is 2.14. The smallest absolute Gasteiger partial charge is 0.333 e. The van der Waals surface area contributed by atoms with Crippen molar-refractivity contribution in [3.8, 4) is 0 Å². The Morgan fingerprint density at radius 2 is 2.07 bits per heavy atom. The zero-order valence-electron chi connectivity index (χ0n) is 9.13. The topological polar surface area (TPSA) is 75.3 Å². The van der Waals surface area contributed by atoms with E-state index in [2.05, 4.69) is 5.32 Å². The van der Waals surface area contributed by atoms with Crippen molar-refractivity contribution in [1.82, 2.24) is 5.32 Å². The molecule has 0 spiro atoms. The summed E-state index contributed by atoms with van der Waals surface area (Å²) in [6, 6.07) is 0. The van der Waals surface area contributed by atoms with Crippen LogP contribution < -0.4 is 11.1 Å². The van der Waals surface area contributed by atoms with Crippen molar-refractivity contribution in [2.75, 3.05) is 13.1 Å². The Hall–Kier alpha value is -1.03. The van der Waals surface area contributed by atoms with Crippen molar-refractivity contribution in [2.45, 2.75) is 27.2 Å². The lowest BCUT2D eigenvalue weighted by atomic mass is 10.0. The van der Waals surface area contributed by atoms with Gasteiger partial charge in [0.1, 0.15) is 0 Å². The minimum Gasteiger partial charge on any atom is -0.478 e. The summed E-state index contributed by atoms with van der Waals surface area (Å²) in [6.07, 6.45) is 0.850. The number of hydrogen-bond acceptors (Lipinski definition) is 3. The highest BCUT2D eigenvalue weighted by molar-refractivity contribution is 5.87. The fourth-order valence-electron chi connectivity index (χ4n) is 1.31. The van der Waals surface area contributed by atoms with Crippen molar-refractivity contribution in [2.24, 2.45) is 11.7 Å². The van der Waals surface area contributed by atoms with E-state index < -0.39 is 5.97 Å². The SMILES string of the molecule is CC(NCCCN)=C(C(=O)O)C(C)C. The number of hydrogen-bond donors (Lipinski definition) is 3. The molecular weight excluding hydrogens is 180 g/mol. The summed E-state index contributed by atoms with van der Waals surface area (Å²) in [5.74, 6) is -0.823. The molecule has 0 amide bonds. The Balaban J connectivity index is 4.41. The summed E-state index contributed by atoms with van der Waals surface area (Å²) in [7, 11) is 0. The molecule has 0 aliphatic heterocycles. The molecule has 0 aromatic heterocycles. The van der Waals surface area contributed by atoms with Crippen LogP contribution in [0.1, 0.15) is 27.2 Å². The van der Waals surface area contributed by atoms with Gasteiger partial charge in [-0.25, -0.2) is 4.79 Å². The van der Waals surface area contributed by atoms with Crippen molar-refractivity contribution in [3.63, 3.8) is 0 Å². The molecule has 0 aliphatic carbocycles. The molecule has 0 aromatic carbocycles. The molecule has 0 heterocycles. The van der Waals surface area contributed by atoms with E-state index in [0.29, 0.717) is 12.1 Å². The van der Waals surface area contributed by atoms with E-state index in [1.807, 2.05) is 13.8 Å². The average Bonchev–Trinajstić information content (AvgIpc) is 2.03. The number of carboxylic acid groups (broad SMARTS) is 1. The molecule has 4 heteroatoms. The Morgan fingerprint density at radius 1 is 1.50 bits per heavy atom. The third-order valence-corrected chi connectivity index (χ3v) is 1.98. The maximum absolute atomic E-state index is 10.9. The summed E-state index contributed by atoms with van der Waals surface area (Å²) >= 11 is 0. The lowest BCUT2D eigenvalue weighted by Crippen LogP contribution is -2.21. The number of carbonyl (C=O) groups is 1. The first-order valence-corrected chi connectivity index (χ1v) is 4.88. The third-order valence-electron chi connectivity index (χ3n) is 1.98. The molecule has 0 unspecified atom stereocenters. The number of allylic oxidation sites excluding steroid dienone is 1. The number of nitrogens with one attached hydrogen (secondary N) is 1. The summed E-state index contributed by atoms with van der Waals surface area (Å²) in [4.78, 5) is 10.9. The monoisotopic (exact) mass is 200 g/mol. The highest BCUT2D eigenvalue weighted by Crippen LogP contribution is 2.13. The van der Waals surface area contributed by atoms with Gasteiger partial charge in [0.25, 0.3) is 0 Å². The quantitative estimate of drug-likeness (QED) is 0.440. The van der Waals surface area contributed by atoms with Gasteiger partial charge in [-0.1, -0.05) is 13.8 Å². The molecule has 0 saturated carbocycles. The molecule has 14 heavy (non-hydrogen) atoms. The highest BCUT2D eigenvalue weighted by atomic mass is 16.4. The summed E-state index contributed by atoms with van der Waals surface area (Å²) in [5.41, 5.74) is 6.52. The molecule has 0 aromatic rings. The van der Waals surface area contributed by atoms with Crippen LogP contribution in [0.4, 0.5) is 0 Å². The fraction of sp³-hybridized carbons (Fsp3) is 0.700. The maximum Gasteiger partial charge on any atom is 0.333 e.